The van der Waals surface area contributed by atoms with Crippen LogP contribution in [0.3, 0.4) is 0 Å². The van der Waals surface area contributed by atoms with Crippen LogP contribution in [-0.2, 0) is 14.3 Å². The maximum absolute atomic E-state index is 11.2. The van der Waals surface area contributed by atoms with Crippen LogP contribution in [0.25, 0.3) is 0 Å². The van der Waals surface area contributed by atoms with Gasteiger partial charge in [0.1, 0.15) is 24.4 Å². The SMILES string of the molecule is CC.CC(=O)NC1C(OC(C)(C)CCO)OC(CO)C(O)C1O.CCCCN. The lowest BCUT2D eigenvalue weighted by atomic mass is 9.96. The molecular formula is C19H42N2O7. The first-order valence-electron chi connectivity index (χ1n) is 10.0. The number of unbranched alkanes of at least 4 members (excludes halogenated alkanes) is 1. The van der Waals surface area contributed by atoms with Crippen molar-refractivity contribution in [2.45, 2.75) is 97.0 Å². The van der Waals surface area contributed by atoms with Gasteiger partial charge in [0.2, 0.25) is 5.91 Å². The molecule has 5 unspecified atom stereocenters. The molecule has 1 amide bonds. The number of rotatable bonds is 8. The number of ether oxygens (including phenoxy) is 2. The molecule has 7 N–H and O–H groups in total. The average Bonchev–Trinajstić information content (AvgIpc) is 2.63. The summed E-state index contributed by atoms with van der Waals surface area (Å²) in [6.45, 7) is 11.1. The highest BCUT2D eigenvalue weighted by Gasteiger charge is 2.46. The van der Waals surface area contributed by atoms with Gasteiger partial charge >= 0.3 is 0 Å². The zero-order valence-electron chi connectivity index (χ0n) is 18.2. The normalized spacial score (nSPS) is 27.0. The van der Waals surface area contributed by atoms with Crippen LogP contribution in [0.5, 0.6) is 0 Å². The summed E-state index contributed by atoms with van der Waals surface area (Å²) in [5.74, 6) is -0.411. The maximum Gasteiger partial charge on any atom is 0.217 e. The third kappa shape index (κ3) is 11.3. The van der Waals surface area contributed by atoms with Gasteiger partial charge in [-0.1, -0.05) is 27.2 Å². The highest BCUT2D eigenvalue weighted by atomic mass is 16.7. The fourth-order valence-electron chi connectivity index (χ4n) is 2.42. The fraction of sp³-hybridized carbons (Fsp3) is 0.947. The molecule has 1 saturated heterocycles. The Morgan fingerprint density at radius 1 is 1.21 bits per heavy atom. The predicted molar refractivity (Wildman–Crippen MR) is 108 cm³/mol. The number of aliphatic hydroxyl groups excluding tert-OH is 4. The molecule has 0 saturated carbocycles. The van der Waals surface area contributed by atoms with E-state index >= 15 is 0 Å². The Kier molecular flexibility index (Phi) is 16.8. The van der Waals surface area contributed by atoms with E-state index in [-0.39, 0.29) is 6.61 Å². The van der Waals surface area contributed by atoms with Gasteiger partial charge in [0.25, 0.3) is 0 Å². The Balaban J connectivity index is 0. The number of carbonyl (C=O) groups is 1. The first kappa shape index (κ1) is 29.4. The van der Waals surface area contributed by atoms with Crippen molar-refractivity contribution in [3.63, 3.8) is 0 Å². The molecule has 1 rings (SSSR count). The average molecular weight is 411 g/mol. The van der Waals surface area contributed by atoms with Crippen LogP contribution >= 0.6 is 0 Å². The maximum atomic E-state index is 11.2. The monoisotopic (exact) mass is 410 g/mol. The standard InChI is InChI=1S/C13H25NO7.C4H11N.C2H6/c1-7(17)14-9-11(19)10(18)8(6-16)20-12(9)21-13(2,3)4-5-15;1-2-3-4-5;1-2/h8-12,15-16,18-19H,4-6H2,1-3H3,(H,14,17);2-5H2,1H3;1-2H3. The first-order valence-corrected chi connectivity index (χ1v) is 10.0. The van der Waals surface area contributed by atoms with Crippen molar-refractivity contribution in [3.8, 4) is 0 Å². The highest BCUT2D eigenvalue weighted by molar-refractivity contribution is 5.73. The van der Waals surface area contributed by atoms with Gasteiger partial charge in [-0.3, -0.25) is 4.79 Å². The molecule has 170 valence electrons. The molecule has 1 aliphatic rings. The summed E-state index contributed by atoms with van der Waals surface area (Å²) < 4.78 is 11.1. The summed E-state index contributed by atoms with van der Waals surface area (Å²) in [4.78, 5) is 11.2. The molecule has 0 aliphatic carbocycles. The van der Waals surface area contributed by atoms with Crippen LogP contribution in [-0.4, -0.2) is 82.3 Å². The lowest BCUT2D eigenvalue weighted by Gasteiger charge is -2.44. The van der Waals surface area contributed by atoms with Gasteiger partial charge < -0.3 is 41.0 Å². The van der Waals surface area contributed by atoms with Crippen molar-refractivity contribution >= 4 is 5.91 Å². The summed E-state index contributed by atoms with van der Waals surface area (Å²) in [7, 11) is 0. The van der Waals surface area contributed by atoms with E-state index in [1.807, 2.05) is 13.8 Å². The Labute approximate surface area is 169 Å². The van der Waals surface area contributed by atoms with Gasteiger partial charge in [0.05, 0.1) is 12.2 Å². The molecule has 5 atom stereocenters. The molecule has 28 heavy (non-hydrogen) atoms. The summed E-state index contributed by atoms with van der Waals surface area (Å²) in [6.07, 6.45) is -2.04. The van der Waals surface area contributed by atoms with Crippen molar-refractivity contribution in [2.24, 2.45) is 5.73 Å². The number of hydrogen-bond donors (Lipinski definition) is 6. The van der Waals surface area contributed by atoms with Crippen LogP contribution in [0.2, 0.25) is 0 Å². The van der Waals surface area contributed by atoms with Crippen LogP contribution in [0.4, 0.5) is 0 Å². The van der Waals surface area contributed by atoms with Gasteiger partial charge in [0.15, 0.2) is 6.29 Å². The molecule has 0 bridgehead atoms. The molecule has 0 spiro atoms. The van der Waals surface area contributed by atoms with Crippen molar-refractivity contribution in [1.29, 1.82) is 0 Å². The summed E-state index contributed by atoms with van der Waals surface area (Å²) >= 11 is 0. The van der Waals surface area contributed by atoms with E-state index in [2.05, 4.69) is 12.2 Å². The van der Waals surface area contributed by atoms with Crippen LogP contribution < -0.4 is 11.1 Å². The third-order valence-corrected chi connectivity index (χ3v) is 3.96. The minimum absolute atomic E-state index is 0.0981. The number of hydrogen-bond acceptors (Lipinski definition) is 8. The van der Waals surface area contributed by atoms with E-state index in [0.29, 0.717) is 6.42 Å². The molecule has 0 aromatic heterocycles. The van der Waals surface area contributed by atoms with Crippen LogP contribution in [0.15, 0.2) is 0 Å². The van der Waals surface area contributed by atoms with Crippen molar-refractivity contribution in [1.82, 2.24) is 5.32 Å². The lowest BCUT2D eigenvalue weighted by molar-refractivity contribution is -0.296. The first-order chi connectivity index (χ1) is 13.1. The molecule has 0 aromatic rings. The van der Waals surface area contributed by atoms with E-state index in [1.165, 1.54) is 19.8 Å². The number of carbonyl (C=O) groups excluding carboxylic acids is 1. The van der Waals surface area contributed by atoms with E-state index in [1.54, 1.807) is 13.8 Å². The predicted octanol–water partition coefficient (Wildman–Crippen LogP) is -0.121. The summed E-state index contributed by atoms with van der Waals surface area (Å²) in [5, 5.41) is 40.6. The molecule has 9 nitrogen and oxygen atoms in total. The highest BCUT2D eigenvalue weighted by Crippen LogP contribution is 2.27. The second kappa shape index (κ2) is 16.0. The largest absolute Gasteiger partial charge is 0.396 e. The third-order valence-electron chi connectivity index (χ3n) is 3.96. The molecule has 1 heterocycles. The minimum Gasteiger partial charge on any atom is -0.396 e. The Morgan fingerprint density at radius 2 is 1.79 bits per heavy atom. The van der Waals surface area contributed by atoms with Gasteiger partial charge in [-0.05, 0) is 33.2 Å². The zero-order valence-corrected chi connectivity index (χ0v) is 18.2. The van der Waals surface area contributed by atoms with Crippen LogP contribution in [0.1, 0.15) is 60.8 Å². The minimum atomic E-state index is -1.34. The Bertz CT molecular complexity index is 394. The van der Waals surface area contributed by atoms with Gasteiger partial charge in [0, 0.05) is 13.5 Å². The second-order valence-electron chi connectivity index (χ2n) is 6.93. The van der Waals surface area contributed by atoms with Gasteiger partial charge in [-0.25, -0.2) is 0 Å². The number of nitrogens with two attached hydrogens (primary N) is 1. The smallest absolute Gasteiger partial charge is 0.217 e. The Morgan fingerprint density at radius 3 is 2.14 bits per heavy atom. The Hall–Kier alpha value is -0.810. The van der Waals surface area contributed by atoms with Gasteiger partial charge in [-0.2, -0.15) is 0 Å². The van der Waals surface area contributed by atoms with Crippen molar-refractivity contribution in [3.05, 3.63) is 0 Å². The number of nitrogens with one attached hydrogen (secondary N) is 1. The second-order valence-corrected chi connectivity index (χ2v) is 6.93. The van der Waals surface area contributed by atoms with E-state index < -0.39 is 48.8 Å². The fourth-order valence-corrected chi connectivity index (χ4v) is 2.42. The van der Waals surface area contributed by atoms with Crippen LogP contribution in [0, 0.1) is 0 Å². The molecule has 9 heteroatoms. The quantitative estimate of drug-likeness (QED) is 0.324. The van der Waals surface area contributed by atoms with Crippen molar-refractivity contribution in [2.75, 3.05) is 19.8 Å². The molecule has 1 aliphatic heterocycles. The molecule has 0 radical (unpaired) electrons. The van der Waals surface area contributed by atoms with E-state index in [9.17, 15) is 20.1 Å². The molecule has 1 fully saturated rings. The molecule has 0 aromatic carbocycles. The summed E-state index contributed by atoms with van der Waals surface area (Å²) in [5.41, 5.74) is 4.37. The van der Waals surface area contributed by atoms with Crippen molar-refractivity contribution < 1.29 is 34.7 Å². The molecular weight excluding hydrogens is 368 g/mol. The topological polar surface area (TPSA) is 155 Å². The van der Waals surface area contributed by atoms with Gasteiger partial charge in [-0.15, -0.1) is 0 Å². The zero-order chi connectivity index (χ0) is 22.3. The van der Waals surface area contributed by atoms with E-state index in [4.69, 9.17) is 20.3 Å². The lowest BCUT2D eigenvalue weighted by Crippen LogP contribution is -2.65. The van der Waals surface area contributed by atoms with E-state index in [0.717, 1.165) is 6.54 Å². The summed E-state index contributed by atoms with van der Waals surface area (Å²) in [6, 6.07) is -0.974. The number of aliphatic hydroxyl groups is 4. The number of amides is 1.